The topological polar surface area (TPSA) is 55.3 Å². The number of piperidine rings is 1. The molecule has 1 aromatic heterocycles. The molecule has 1 unspecified atom stereocenters. The van der Waals surface area contributed by atoms with E-state index in [-0.39, 0.29) is 29.8 Å². The van der Waals surface area contributed by atoms with Crippen molar-refractivity contribution < 1.29 is 18.3 Å². The maximum Gasteiger partial charge on any atom is 0.305 e. The molecular formula is C15H16ClF2N3O2. The molecule has 0 aromatic carbocycles. The predicted molar refractivity (Wildman–Crippen MR) is 78.6 cm³/mol. The highest BCUT2D eigenvalue weighted by molar-refractivity contribution is 6.28. The average Bonchev–Trinajstić information content (AvgIpc) is 2.86. The third-order valence-electron chi connectivity index (χ3n) is 5.29. The molecule has 23 heavy (non-hydrogen) atoms. The van der Waals surface area contributed by atoms with E-state index in [2.05, 4.69) is 9.97 Å². The number of anilines is 1. The highest BCUT2D eigenvalue weighted by Gasteiger charge is 2.57. The number of hydrogen-bond acceptors (Lipinski definition) is 5. The first-order valence-corrected chi connectivity index (χ1v) is 8.05. The van der Waals surface area contributed by atoms with Gasteiger partial charge in [0, 0.05) is 31.5 Å². The van der Waals surface area contributed by atoms with Crippen molar-refractivity contribution in [2.45, 2.75) is 25.2 Å². The summed E-state index contributed by atoms with van der Waals surface area (Å²) in [4.78, 5) is 21.3. The molecule has 8 heteroatoms. The van der Waals surface area contributed by atoms with Crippen LogP contribution >= 0.6 is 11.6 Å². The number of ether oxygens (including phenoxy) is 1. The molecule has 124 valence electrons. The first kappa shape index (κ1) is 15.1. The molecule has 1 aliphatic heterocycles. The standard InChI is InChI=1S/C15H16ClF2N3O2/c1-23-11(22)4-8-9-5-21(6-10(8)9)13-7-2-3-15(17,18)12(7)19-14(16)20-13/h8-10H,2-6H2,1H3/t8?,9-,10+. The summed E-state index contributed by atoms with van der Waals surface area (Å²) in [5.41, 5.74) is 0.296. The molecular weight excluding hydrogens is 328 g/mol. The number of methoxy groups -OCH3 is 1. The Hall–Kier alpha value is -1.50. The van der Waals surface area contributed by atoms with Gasteiger partial charge in [0.05, 0.1) is 7.11 Å². The van der Waals surface area contributed by atoms with Gasteiger partial charge in [0.1, 0.15) is 11.5 Å². The molecule has 0 spiro atoms. The number of carbonyl (C=O) groups excluding carboxylic acids is 1. The van der Waals surface area contributed by atoms with Crippen molar-refractivity contribution in [2.24, 2.45) is 17.8 Å². The third kappa shape index (κ3) is 2.36. The van der Waals surface area contributed by atoms with Gasteiger partial charge < -0.3 is 9.64 Å². The minimum Gasteiger partial charge on any atom is -0.469 e. The van der Waals surface area contributed by atoms with Crippen LogP contribution in [0.3, 0.4) is 0 Å². The molecule has 1 saturated carbocycles. The Balaban J connectivity index is 1.53. The number of nitrogens with zero attached hydrogens (tertiary/aromatic N) is 3. The highest BCUT2D eigenvalue weighted by Crippen LogP contribution is 2.55. The minimum absolute atomic E-state index is 0.132. The second kappa shape index (κ2) is 5.00. The van der Waals surface area contributed by atoms with Crippen molar-refractivity contribution in [3.8, 4) is 0 Å². The number of fused-ring (bicyclic) bond motifs is 2. The molecule has 4 rings (SSSR count). The van der Waals surface area contributed by atoms with Gasteiger partial charge in [0.15, 0.2) is 0 Å². The molecule has 2 aliphatic carbocycles. The Morgan fingerprint density at radius 1 is 1.39 bits per heavy atom. The lowest BCUT2D eigenvalue weighted by Crippen LogP contribution is -2.27. The van der Waals surface area contributed by atoms with E-state index < -0.39 is 5.92 Å². The summed E-state index contributed by atoms with van der Waals surface area (Å²) in [5, 5.41) is -0.132. The summed E-state index contributed by atoms with van der Waals surface area (Å²) < 4.78 is 32.5. The zero-order valence-corrected chi connectivity index (χ0v) is 13.3. The lowest BCUT2D eigenvalue weighted by molar-refractivity contribution is -0.141. The Bertz CT molecular complexity index is 673. The number of rotatable bonds is 3. The van der Waals surface area contributed by atoms with E-state index >= 15 is 0 Å². The summed E-state index contributed by atoms with van der Waals surface area (Å²) >= 11 is 5.85. The zero-order chi connectivity index (χ0) is 16.4. The summed E-state index contributed by atoms with van der Waals surface area (Å²) in [6.07, 6.45) is 0.461. The summed E-state index contributed by atoms with van der Waals surface area (Å²) in [7, 11) is 1.39. The van der Waals surface area contributed by atoms with E-state index in [0.29, 0.717) is 35.6 Å². The van der Waals surface area contributed by atoms with E-state index in [1.54, 1.807) is 0 Å². The van der Waals surface area contributed by atoms with Crippen LogP contribution in [0, 0.1) is 17.8 Å². The van der Waals surface area contributed by atoms with E-state index in [1.807, 2.05) is 4.90 Å². The largest absolute Gasteiger partial charge is 0.469 e. The van der Waals surface area contributed by atoms with Crippen LogP contribution in [0.25, 0.3) is 0 Å². The number of aromatic nitrogens is 2. The van der Waals surface area contributed by atoms with Gasteiger partial charge >= 0.3 is 5.97 Å². The minimum atomic E-state index is -2.92. The lowest BCUT2D eigenvalue weighted by atomic mass is 10.1. The Kier molecular flexibility index (Phi) is 3.27. The van der Waals surface area contributed by atoms with Gasteiger partial charge in [-0.15, -0.1) is 0 Å². The fourth-order valence-corrected chi connectivity index (χ4v) is 4.21. The van der Waals surface area contributed by atoms with Gasteiger partial charge in [-0.25, -0.2) is 9.97 Å². The predicted octanol–water partition coefficient (Wildman–Crippen LogP) is 2.41. The van der Waals surface area contributed by atoms with Crippen molar-refractivity contribution in [2.75, 3.05) is 25.1 Å². The maximum atomic E-state index is 13.9. The number of carbonyl (C=O) groups is 1. The fraction of sp³-hybridized carbons (Fsp3) is 0.667. The summed E-state index contributed by atoms with van der Waals surface area (Å²) in [6, 6.07) is 0. The maximum absolute atomic E-state index is 13.9. The number of esters is 1. The molecule has 3 aliphatic rings. The first-order chi connectivity index (χ1) is 10.9. The Labute approximate surface area is 137 Å². The van der Waals surface area contributed by atoms with Crippen LogP contribution in [-0.2, 0) is 21.9 Å². The van der Waals surface area contributed by atoms with Gasteiger partial charge in [0.2, 0.25) is 5.28 Å². The average molecular weight is 344 g/mol. The van der Waals surface area contributed by atoms with Gasteiger partial charge in [-0.1, -0.05) is 0 Å². The normalized spacial score (nSPS) is 30.1. The molecule has 0 amide bonds. The van der Waals surface area contributed by atoms with Gasteiger partial charge in [-0.05, 0) is 35.8 Å². The summed E-state index contributed by atoms with van der Waals surface area (Å²) in [5.74, 6) is -1.43. The molecule has 1 saturated heterocycles. The van der Waals surface area contributed by atoms with Crippen LogP contribution in [0.1, 0.15) is 24.1 Å². The molecule has 0 N–H and O–H groups in total. The van der Waals surface area contributed by atoms with Crippen molar-refractivity contribution in [3.63, 3.8) is 0 Å². The quantitative estimate of drug-likeness (QED) is 0.623. The van der Waals surface area contributed by atoms with E-state index in [9.17, 15) is 13.6 Å². The van der Waals surface area contributed by atoms with Crippen LogP contribution in [0.5, 0.6) is 0 Å². The molecule has 0 bridgehead atoms. The number of alkyl halides is 2. The van der Waals surface area contributed by atoms with E-state index in [1.165, 1.54) is 7.11 Å². The Morgan fingerprint density at radius 3 is 2.74 bits per heavy atom. The smallest absolute Gasteiger partial charge is 0.305 e. The van der Waals surface area contributed by atoms with Crippen LogP contribution in [0.15, 0.2) is 0 Å². The molecule has 2 fully saturated rings. The van der Waals surface area contributed by atoms with Gasteiger partial charge in [-0.3, -0.25) is 4.79 Å². The van der Waals surface area contributed by atoms with Crippen molar-refractivity contribution in [1.29, 1.82) is 0 Å². The van der Waals surface area contributed by atoms with Crippen molar-refractivity contribution in [3.05, 3.63) is 16.5 Å². The lowest BCUT2D eigenvalue weighted by Gasteiger charge is -2.23. The monoisotopic (exact) mass is 343 g/mol. The van der Waals surface area contributed by atoms with E-state index in [4.69, 9.17) is 16.3 Å². The molecule has 2 heterocycles. The molecule has 1 aromatic rings. The van der Waals surface area contributed by atoms with Crippen molar-refractivity contribution >= 4 is 23.4 Å². The van der Waals surface area contributed by atoms with Crippen LogP contribution in [0.2, 0.25) is 5.28 Å². The Morgan fingerprint density at radius 2 is 2.09 bits per heavy atom. The first-order valence-electron chi connectivity index (χ1n) is 7.67. The van der Waals surface area contributed by atoms with Crippen LogP contribution < -0.4 is 4.90 Å². The second-order valence-electron chi connectivity index (χ2n) is 6.52. The van der Waals surface area contributed by atoms with Gasteiger partial charge in [0.25, 0.3) is 5.92 Å². The highest BCUT2D eigenvalue weighted by atomic mass is 35.5. The second-order valence-corrected chi connectivity index (χ2v) is 6.86. The number of halogens is 3. The van der Waals surface area contributed by atoms with Crippen LogP contribution in [-0.4, -0.2) is 36.1 Å². The molecule has 3 atom stereocenters. The number of hydrogen-bond donors (Lipinski definition) is 0. The van der Waals surface area contributed by atoms with Gasteiger partial charge in [-0.2, -0.15) is 8.78 Å². The zero-order valence-electron chi connectivity index (χ0n) is 12.6. The fourth-order valence-electron chi connectivity index (χ4n) is 4.04. The molecule has 0 radical (unpaired) electrons. The third-order valence-corrected chi connectivity index (χ3v) is 5.46. The summed E-state index contributed by atoms with van der Waals surface area (Å²) in [6.45, 7) is 1.44. The SMILES string of the molecule is COC(=O)CC1[C@H]2CN(c3nc(Cl)nc4c3CCC4(F)F)C[C@@H]12. The van der Waals surface area contributed by atoms with Crippen LogP contribution in [0.4, 0.5) is 14.6 Å². The van der Waals surface area contributed by atoms with Crippen molar-refractivity contribution in [1.82, 2.24) is 9.97 Å². The van der Waals surface area contributed by atoms with E-state index in [0.717, 1.165) is 13.1 Å². The molecule has 5 nitrogen and oxygen atoms in total.